The normalized spacial score (nSPS) is 21.5. The quantitative estimate of drug-likeness (QED) is 0.812. The molecular weight excluding hydrogens is 256 g/mol. The van der Waals surface area contributed by atoms with E-state index in [0.717, 1.165) is 45.8 Å². The van der Waals surface area contributed by atoms with Crippen LogP contribution in [0.2, 0.25) is 0 Å². The van der Waals surface area contributed by atoms with E-state index in [1.807, 2.05) is 11.3 Å². The predicted molar refractivity (Wildman–Crippen MR) is 81.6 cm³/mol. The van der Waals surface area contributed by atoms with Crippen molar-refractivity contribution in [2.75, 3.05) is 26.2 Å². The molecule has 1 aromatic heterocycles. The molecule has 1 unspecified atom stereocenters. The molecule has 1 aliphatic heterocycles. The fourth-order valence-electron chi connectivity index (χ4n) is 2.43. The maximum atomic E-state index is 5.69. The lowest BCUT2D eigenvalue weighted by Crippen LogP contribution is -2.29. The summed E-state index contributed by atoms with van der Waals surface area (Å²) in [6.45, 7) is 10.7. The van der Waals surface area contributed by atoms with E-state index in [1.54, 1.807) is 0 Å². The Bertz CT molecular complexity index is 367. The molecule has 3 nitrogen and oxygen atoms in total. The van der Waals surface area contributed by atoms with Crippen molar-refractivity contribution in [1.29, 1.82) is 0 Å². The van der Waals surface area contributed by atoms with E-state index in [1.165, 1.54) is 16.2 Å². The predicted octanol–water partition coefficient (Wildman–Crippen LogP) is 2.86. The Balaban J connectivity index is 1.81. The van der Waals surface area contributed by atoms with Crippen molar-refractivity contribution in [3.05, 3.63) is 21.9 Å². The maximum Gasteiger partial charge on any atom is 0.0674 e. The highest BCUT2D eigenvalue weighted by molar-refractivity contribution is 7.11. The average Bonchev–Trinajstić information content (AvgIpc) is 2.72. The van der Waals surface area contributed by atoms with Gasteiger partial charge in [-0.2, -0.15) is 0 Å². The van der Waals surface area contributed by atoms with E-state index in [0.29, 0.717) is 6.10 Å². The zero-order valence-corrected chi connectivity index (χ0v) is 13.0. The van der Waals surface area contributed by atoms with Gasteiger partial charge < -0.3 is 10.1 Å². The fourth-order valence-corrected chi connectivity index (χ4v) is 3.47. The minimum Gasteiger partial charge on any atom is -0.377 e. The molecule has 0 spiro atoms. The van der Waals surface area contributed by atoms with Crippen LogP contribution in [0.25, 0.3) is 0 Å². The highest BCUT2D eigenvalue weighted by Gasteiger charge is 2.15. The summed E-state index contributed by atoms with van der Waals surface area (Å²) in [5.74, 6) is 0. The monoisotopic (exact) mass is 282 g/mol. The molecule has 2 heterocycles. The molecule has 0 aliphatic carbocycles. The van der Waals surface area contributed by atoms with E-state index >= 15 is 0 Å². The fraction of sp³-hybridized carbons (Fsp3) is 0.733. The highest BCUT2D eigenvalue weighted by Crippen LogP contribution is 2.19. The van der Waals surface area contributed by atoms with E-state index in [-0.39, 0.29) is 0 Å². The molecule has 4 heteroatoms. The Hall–Kier alpha value is -0.420. The standard InChI is InChI=1S/C15H26N2OS/c1-3-7-16-10-14-5-6-15(19-14)12-17-8-4-9-18-13(2)11-17/h5-6,13,16H,3-4,7-12H2,1-2H3. The highest BCUT2D eigenvalue weighted by atomic mass is 32.1. The lowest BCUT2D eigenvalue weighted by Gasteiger charge is -2.20. The summed E-state index contributed by atoms with van der Waals surface area (Å²) in [5.41, 5.74) is 0. The van der Waals surface area contributed by atoms with E-state index < -0.39 is 0 Å². The van der Waals surface area contributed by atoms with Crippen LogP contribution < -0.4 is 5.32 Å². The van der Waals surface area contributed by atoms with Crippen LogP contribution in [0.1, 0.15) is 36.4 Å². The largest absolute Gasteiger partial charge is 0.377 e. The second-order valence-electron chi connectivity index (χ2n) is 5.31. The minimum absolute atomic E-state index is 0.369. The van der Waals surface area contributed by atoms with Crippen molar-refractivity contribution >= 4 is 11.3 Å². The zero-order chi connectivity index (χ0) is 13.5. The summed E-state index contributed by atoms with van der Waals surface area (Å²) in [4.78, 5) is 5.44. The first kappa shape index (κ1) is 15.0. The first-order valence-electron chi connectivity index (χ1n) is 7.40. The van der Waals surface area contributed by atoms with Gasteiger partial charge in [-0.15, -0.1) is 11.3 Å². The zero-order valence-electron chi connectivity index (χ0n) is 12.2. The number of ether oxygens (including phenoxy) is 1. The third-order valence-electron chi connectivity index (χ3n) is 3.36. The summed E-state index contributed by atoms with van der Waals surface area (Å²) in [6.07, 6.45) is 2.72. The van der Waals surface area contributed by atoms with Crippen LogP contribution in [0.15, 0.2) is 12.1 Å². The van der Waals surface area contributed by atoms with Crippen molar-refractivity contribution in [1.82, 2.24) is 10.2 Å². The SMILES string of the molecule is CCCNCc1ccc(CN2CCCOC(C)C2)s1. The van der Waals surface area contributed by atoms with Crippen LogP contribution in [0.4, 0.5) is 0 Å². The average molecular weight is 282 g/mol. The molecule has 1 atom stereocenters. The Morgan fingerprint density at radius 1 is 1.42 bits per heavy atom. The minimum atomic E-state index is 0.369. The third-order valence-corrected chi connectivity index (χ3v) is 4.43. The molecule has 0 saturated carbocycles. The van der Waals surface area contributed by atoms with Crippen molar-refractivity contribution < 1.29 is 4.74 Å². The number of hydrogen-bond donors (Lipinski definition) is 1. The van der Waals surface area contributed by atoms with Gasteiger partial charge in [0, 0.05) is 42.5 Å². The van der Waals surface area contributed by atoms with Gasteiger partial charge in [0.1, 0.15) is 0 Å². The molecule has 2 rings (SSSR count). The molecule has 108 valence electrons. The van der Waals surface area contributed by atoms with Crippen molar-refractivity contribution in [3.63, 3.8) is 0 Å². The van der Waals surface area contributed by atoms with Gasteiger partial charge in [-0.25, -0.2) is 0 Å². The number of nitrogens with one attached hydrogen (secondary N) is 1. The van der Waals surface area contributed by atoms with Crippen molar-refractivity contribution in [3.8, 4) is 0 Å². The van der Waals surface area contributed by atoms with Crippen LogP contribution in [0, 0.1) is 0 Å². The second-order valence-corrected chi connectivity index (χ2v) is 6.57. The van der Waals surface area contributed by atoms with E-state index in [4.69, 9.17) is 4.74 Å². The first-order valence-corrected chi connectivity index (χ1v) is 8.22. The number of rotatable bonds is 6. The molecule has 0 radical (unpaired) electrons. The van der Waals surface area contributed by atoms with Crippen molar-refractivity contribution in [2.45, 2.75) is 45.9 Å². The van der Waals surface area contributed by atoms with Gasteiger partial charge in [0.15, 0.2) is 0 Å². The summed E-state index contributed by atoms with van der Waals surface area (Å²) in [5, 5.41) is 3.46. The van der Waals surface area contributed by atoms with E-state index in [2.05, 4.69) is 36.2 Å². The summed E-state index contributed by atoms with van der Waals surface area (Å²) in [6, 6.07) is 4.55. The Morgan fingerprint density at radius 2 is 2.26 bits per heavy atom. The number of nitrogens with zero attached hydrogens (tertiary/aromatic N) is 1. The Morgan fingerprint density at radius 3 is 3.11 bits per heavy atom. The van der Waals surface area contributed by atoms with Crippen molar-refractivity contribution in [2.24, 2.45) is 0 Å². The lowest BCUT2D eigenvalue weighted by molar-refractivity contribution is 0.0669. The van der Waals surface area contributed by atoms with Gasteiger partial charge >= 0.3 is 0 Å². The number of hydrogen-bond acceptors (Lipinski definition) is 4. The summed E-state index contributed by atoms with van der Waals surface area (Å²) in [7, 11) is 0. The molecule has 1 fully saturated rings. The van der Waals surface area contributed by atoms with Gasteiger partial charge in [0.25, 0.3) is 0 Å². The first-order chi connectivity index (χ1) is 9.28. The number of thiophene rings is 1. The van der Waals surface area contributed by atoms with Gasteiger partial charge in [-0.3, -0.25) is 4.90 Å². The van der Waals surface area contributed by atoms with Gasteiger partial charge in [-0.05, 0) is 38.4 Å². The smallest absolute Gasteiger partial charge is 0.0674 e. The van der Waals surface area contributed by atoms with Crippen LogP contribution in [0.5, 0.6) is 0 Å². The third kappa shape index (κ3) is 5.22. The molecule has 1 aromatic rings. The maximum absolute atomic E-state index is 5.69. The molecule has 0 aromatic carbocycles. The molecule has 1 saturated heterocycles. The summed E-state index contributed by atoms with van der Waals surface area (Å²) >= 11 is 1.94. The molecule has 1 N–H and O–H groups in total. The molecule has 0 bridgehead atoms. The van der Waals surface area contributed by atoms with Crippen LogP contribution in [0.3, 0.4) is 0 Å². The van der Waals surface area contributed by atoms with Gasteiger partial charge in [0.05, 0.1) is 6.10 Å². The van der Waals surface area contributed by atoms with Crippen LogP contribution >= 0.6 is 11.3 Å². The van der Waals surface area contributed by atoms with Gasteiger partial charge in [-0.1, -0.05) is 6.92 Å². The Kier molecular flexibility index (Phi) is 6.31. The molecule has 0 amide bonds. The van der Waals surface area contributed by atoms with Crippen LogP contribution in [-0.4, -0.2) is 37.2 Å². The molecular formula is C15H26N2OS. The Labute approximate surface area is 121 Å². The molecule has 19 heavy (non-hydrogen) atoms. The summed E-state index contributed by atoms with van der Waals surface area (Å²) < 4.78 is 5.69. The lowest BCUT2D eigenvalue weighted by atomic mass is 10.3. The van der Waals surface area contributed by atoms with E-state index in [9.17, 15) is 0 Å². The van der Waals surface area contributed by atoms with Crippen LogP contribution in [-0.2, 0) is 17.8 Å². The molecule has 1 aliphatic rings. The second kappa shape index (κ2) is 8.00. The van der Waals surface area contributed by atoms with Gasteiger partial charge in [0.2, 0.25) is 0 Å². The topological polar surface area (TPSA) is 24.5 Å².